The van der Waals surface area contributed by atoms with Crippen molar-refractivity contribution < 1.29 is 14.3 Å². The van der Waals surface area contributed by atoms with E-state index in [1.165, 1.54) is 0 Å². The fourth-order valence-electron chi connectivity index (χ4n) is 2.98. The maximum atomic E-state index is 11.9. The minimum absolute atomic E-state index is 0.0729. The van der Waals surface area contributed by atoms with Crippen molar-refractivity contribution in [2.45, 2.75) is 18.1 Å². The molecule has 4 rings (SSSR count). The molecular weight excluding hydrogens is 204 g/mol. The third-order valence-corrected chi connectivity index (χ3v) is 3.69. The van der Waals surface area contributed by atoms with Gasteiger partial charge in [0.15, 0.2) is 0 Å². The number of carbonyl (C=O) groups is 1. The standard InChI is InChI=1S/C13H10O3/c14-12-10-7-8-5-6-13(10,16-8)9-3-1-2-4-11(9)15-12/h1-6,8,10H,7H2/t8-,10+,13-/m0/s1. The van der Waals surface area contributed by atoms with Crippen LogP contribution in [0.3, 0.4) is 0 Å². The smallest absolute Gasteiger partial charge is 0.318 e. The van der Waals surface area contributed by atoms with Crippen molar-refractivity contribution in [3.63, 3.8) is 0 Å². The Kier molecular flexibility index (Phi) is 1.36. The molecule has 0 aliphatic carbocycles. The maximum absolute atomic E-state index is 11.9. The number of carbonyl (C=O) groups excluding carboxylic acids is 1. The fraction of sp³-hybridized carbons (Fsp3) is 0.308. The van der Waals surface area contributed by atoms with Crippen LogP contribution in [0.4, 0.5) is 0 Å². The average molecular weight is 214 g/mol. The molecule has 0 N–H and O–H groups in total. The average Bonchev–Trinajstić information content (AvgIpc) is 2.87. The van der Waals surface area contributed by atoms with E-state index in [-0.39, 0.29) is 18.0 Å². The van der Waals surface area contributed by atoms with Gasteiger partial charge in [0.2, 0.25) is 0 Å². The van der Waals surface area contributed by atoms with Gasteiger partial charge >= 0.3 is 5.97 Å². The molecule has 0 radical (unpaired) electrons. The van der Waals surface area contributed by atoms with E-state index in [2.05, 4.69) is 0 Å². The molecule has 2 bridgehead atoms. The number of para-hydroxylation sites is 1. The quantitative estimate of drug-likeness (QED) is 0.375. The lowest BCUT2D eigenvalue weighted by Crippen LogP contribution is -2.41. The van der Waals surface area contributed by atoms with Gasteiger partial charge in [0.05, 0.1) is 12.0 Å². The number of fused-ring (bicyclic) bond motifs is 2. The molecule has 80 valence electrons. The van der Waals surface area contributed by atoms with Crippen LogP contribution in [-0.2, 0) is 15.1 Å². The van der Waals surface area contributed by atoms with Crippen LogP contribution < -0.4 is 4.74 Å². The first-order valence-electron chi connectivity index (χ1n) is 5.48. The summed E-state index contributed by atoms with van der Waals surface area (Å²) < 4.78 is 11.3. The van der Waals surface area contributed by atoms with Crippen LogP contribution in [0.25, 0.3) is 0 Å². The van der Waals surface area contributed by atoms with Gasteiger partial charge in [-0.25, -0.2) is 0 Å². The Morgan fingerprint density at radius 1 is 1.31 bits per heavy atom. The Morgan fingerprint density at radius 3 is 3.06 bits per heavy atom. The van der Waals surface area contributed by atoms with E-state index in [9.17, 15) is 4.79 Å². The highest BCUT2D eigenvalue weighted by Gasteiger charge is 2.58. The molecule has 3 heteroatoms. The van der Waals surface area contributed by atoms with Gasteiger partial charge in [0, 0.05) is 5.56 Å². The third kappa shape index (κ3) is 0.816. The zero-order valence-corrected chi connectivity index (χ0v) is 8.55. The maximum Gasteiger partial charge on any atom is 0.318 e. The minimum Gasteiger partial charge on any atom is -0.426 e. The molecule has 0 aromatic heterocycles. The number of rotatable bonds is 0. The second-order valence-corrected chi connectivity index (χ2v) is 4.51. The van der Waals surface area contributed by atoms with Crippen molar-refractivity contribution in [3.05, 3.63) is 42.0 Å². The monoisotopic (exact) mass is 214 g/mol. The van der Waals surface area contributed by atoms with Gasteiger partial charge in [-0.2, -0.15) is 0 Å². The Bertz CT molecular complexity index is 520. The van der Waals surface area contributed by atoms with E-state index < -0.39 is 5.60 Å². The van der Waals surface area contributed by atoms with E-state index in [0.717, 1.165) is 12.0 Å². The first-order valence-corrected chi connectivity index (χ1v) is 5.48. The summed E-state index contributed by atoms with van der Waals surface area (Å²) in [6, 6.07) is 7.62. The Labute approximate surface area is 92.7 Å². The summed E-state index contributed by atoms with van der Waals surface area (Å²) in [5, 5.41) is 0. The number of hydrogen-bond donors (Lipinski definition) is 0. The molecule has 0 amide bonds. The minimum atomic E-state index is -0.545. The molecule has 3 heterocycles. The summed E-state index contributed by atoms with van der Waals surface area (Å²) in [4.78, 5) is 11.9. The zero-order chi connectivity index (χ0) is 10.8. The largest absolute Gasteiger partial charge is 0.426 e. The van der Waals surface area contributed by atoms with Gasteiger partial charge in [-0.1, -0.05) is 24.3 Å². The van der Waals surface area contributed by atoms with Gasteiger partial charge < -0.3 is 9.47 Å². The lowest BCUT2D eigenvalue weighted by Gasteiger charge is -2.34. The Morgan fingerprint density at radius 2 is 2.19 bits per heavy atom. The zero-order valence-electron chi connectivity index (χ0n) is 8.55. The van der Waals surface area contributed by atoms with Crippen molar-refractivity contribution in [3.8, 4) is 5.75 Å². The molecule has 1 saturated heterocycles. The van der Waals surface area contributed by atoms with Crippen LogP contribution in [-0.4, -0.2) is 12.1 Å². The molecule has 16 heavy (non-hydrogen) atoms. The highest BCUT2D eigenvalue weighted by molar-refractivity contribution is 5.82. The molecule has 0 saturated carbocycles. The molecule has 3 aliphatic rings. The molecule has 1 aromatic carbocycles. The number of benzene rings is 1. The Balaban J connectivity index is 2.01. The number of ether oxygens (including phenoxy) is 2. The fourth-order valence-corrected chi connectivity index (χ4v) is 2.98. The highest BCUT2D eigenvalue weighted by atomic mass is 16.6. The van der Waals surface area contributed by atoms with E-state index >= 15 is 0 Å². The normalized spacial score (nSPS) is 38.1. The van der Waals surface area contributed by atoms with Crippen LogP contribution in [0.2, 0.25) is 0 Å². The predicted octanol–water partition coefficient (Wildman–Crippen LogP) is 1.78. The van der Waals surface area contributed by atoms with Gasteiger partial charge in [0.25, 0.3) is 0 Å². The second kappa shape index (κ2) is 2.55. The van der Waals surface area contributed by atoms with E-state index in [0.29, 0.717) is 5.75 Å². The molecule has 3 aliphatic heterocycles. The molecule has 3 atom stereocenters. The molecule has 1 aromatic rings. The second-order valence-electron chi connectivity index (χ2n) is 4.51. The van der Waals surface area contributed by atoms with Crippen LogP contribution in [0.5, 0.6) is 5.75 Å². The predicted molar refractivity (Wildman–Crippen MR) is 55.9 cm³/mol. The lowest BCUT2D eigenvalue weighted by atomic mass is 9.76. The van der Waals surface area contributed by atoms with E-state index in [4.69, 9.17) is 9.47 Å². The van der Waals surface area contributed by atoms with Gasteiger partial charge in [0.1, 0.15) is 11.4 Å². The van der Waals surface area contributed by atoms with Crippen molar-refractivity contribution >= 4 is 5.97 Å². The first kappa shape index (κ1) is 8.53. The Hall–Kier alpha value is -1.61. The van der Waals surface area contributed by atoms with Crippen molar-refractivity contribution in [1.29, 1.82) is 0 Å². The van der Waals surface area contributed by atoms with Gasteiger partial charge in [-0.3, -0.25) is 4.79 Å². The summed E-state index contributed by atoms with van der Waals surface area (Å²) >= 11 is 0. The molecule has 0 unspecified atom stereocenters. The molecule has 3 nitrogen and oxygen atoms in total. The first-order chi connectivity index (χ1) is 7.79. The van der Waals surface area contributed by atoms with Crippen molar-refractivity contribution in [2.75, 3.05) is 0 Å². The SMILES string of the molecule is O=C1Oc2ccccc2[C@@]23C=C[C@@H](C[C@H]12)O3. The molecule has 1 spiro atoms. The topological polar surface area (TPSA) is 35.5 Å². The number of hydrogen-bond acceptors (Lipinski definition) is 3. The van der Waals surface area contributed by atoms with Crippen molar-refractivity contribution in [2.24, 2.45) is 5.92 Å². The van der Waals surface area contributed by atoms with E-state index in [1.54, 1.807) is 0 Å². The van der Waals surface area contributed by atoms with Gasteiger partial charge in [-0.05, 0) is 18.6 Å². The van der Waals surface area contributed by atoms with Crippen LogP contribution in [0.15, 0.2) is 36.4 Å². The van der Waals surface area contributed by atoms with Crippen LogP contribution >= 0.6 is 0 Å². The summed E-state index contributed by atoms with van der Waals surface area (Å²) in [5.74, 6) is 0.305. The summed E-state index contributed by atoms with van der Waals surface area (Å²) in [7, 11) is 0. The lowest BCUT2D eigenvalue weighted by molar-refractivity contribution is -0.146. The highest BCUT2D eigenvalue weighted by Crippen LogP contribution is 2.54. The third-order valence-electron chi connectivity index (χ3n) is 3.69. The number of esters is 1. The van der Waals surface area contributed by atoms with E-state index in [1.807, 2.05) is 36.4 Å². The molecule has 1 fully saturated rings. The molecular formula is C13H10O3. The summed E-state index contributed by atoms with van der Waals surface area (Å²) in [6.45, 7) is 0. The van der Waals surface area contributed by atoms with Crippen molar-refractivity contribution in [1.82, 2.24) is 0 Å². The summed E-state index contributed by atoms with van der Waals surface area (Å²) in [6.07, 6.45) is 4.88. The summed E-state index contributed by atoms with van der Waals surface area (Å²) in [5.41, 5.74) is 0.437. The van der Waals surface area contributed by atoms with Crippen LogP contribution in [0.1, 0.15) is 12.0 Å². The van der Waals surface area contributed by atoms with Gasteiger partial charge in [-0.15, -0.1) is 0 Å². The van der Waals surface area contributed by atoms with Crippen LogP contribution in [0, 0.1) is 5.92 Å².